The van der Waals surface area contributed by atoms with Gasteiger partial charge in [-0.1, -0.05) is 13.0 Å². The van der Waals surface area contributed by atoms with Crippen LogP contribution in [-0.2, 0) is 14.3 Å². The van der Waals surface area contributed by atoms with Gasteiger partial charge in [-0.2, -0.15) is 5.10 Å². The first-order valence-electron chi connectivity index (χ1n) is 16.9. The van der Waals surface area contributed by atoms with E-state index in [1.165, 1.54) is 0 Å². The SMILES string of the molecule is CC[C@@]1(C(=O)Nc2ccc3[nH]nc(-c4ccc(OCCOC)cc4)c3c2)CCN(CC(=O)N2CC=C(c3ncc(-c4ncccn4)s3)CC2)C1. The quantitative estimate of drug-likeness (QED) is 0.162. The summed E-state index contributed by atoms with van der Waals surface area (Å²) in [5.41, 5.74) is 3.90. The average molecular weight is 693 g/mol. The number of amides is 2. The highest BCUT2D eigenvalue weighted by Gasteiger charge is 2.43. The number of nitrogens with zero attached hydrogens (tertiary/aromatic N) is 6. The van der Waals surface area contributed by atoms with Gasteiger partial charge >= 0.3 is 0 Å². The molecular weight excluding hydrogens is 653 g/mol. The summed E-state index contributed by atoms with van der Waals surface area (Å²) in [5, 5.41) is 12.7. The van der Waals surface area contributed by atoms with Crippen LogP contribution in [0.4, 0.5) is 5.69 Å². The zero-order valence-corrected chi connectivity index (χ0v) is 29.0. The number of ether oxygens (including phenoxy) is 2. The smallest absolute Gasteiger partial charge is 0.237 e. The summed E-state index contributed by atoms with van der Waals surface area (Å²) in [6.07, 6.45) is 9.48. The number of methoxy groups -OCH3 is 1. The number of fused-ring (bicyclic) bond motifs is 1. The van der Waals surface area contributed by atoms with E-state index in [1.54, 1.807) is 36.9 Å². The molecule has 0 saturated carbocycles. The van der Waals surface area contributed by atoms with Crippen molar-refractivity contribution in [1.29, 1.82) is 0 Å². The van der Waals surface area contributed by atoms with Gasteiger partial charge in [-0.25, -0.2) is 15.0 Å². The summed E-state index contributed by atoms with van der Waals surface area (Å²) < 4.78 is 10.8. The molecule has 0 aliphatic carbocycles. The van der Waals surface area contributed by atoms with Crippen molar-refractivity contribution < 1.29 is 19.1 Å². The van der Waals surface area contributed by atoms with Gasteiger partial charge in [-0.3, -0.25) is 19.6 Å². The van der Waals surface area contributed by atoms with Crippen LogP contribution in [0, 0.1) is 5.41 Å². The van der Waals surface area contributed by atoms with Crippen molar-refractivity contribution in [3.63, 3.8) is 0 Å². The lowest BCUT2D eigenvalue weighted by molar-refractivity contribution is -0.132. The van der Waals surface area contributed by atoms with Crippen molar-refractivity contribution in [2.45, 2.75) is 26.2 Å². The number of hydrogen-bond acceptors (Lipinski definition) is 10. The lowest BCUT2D eigenvalue weighted by atomic mass is 9.83. The van der Waals surface area contributed by atoms with Gasteiger partial charge in [0.15, 0.2) is 5.82 Å². The summed E-state index contributed by atoms with van der Waals surface area (Å²) >= 11 is 1.57. The Morgan fingerprint density at radius 3 is 2.66 bits per heavy atom. The van der Waals surface area contributed by atoms with E-state index in [2.05, 4.69) is 48.4 Å². The van der Waals surface area contributed by atoms with E-state index >= 15 is 0 Å². The predicted octanol–water partition coefficient (Wildman–Crippen LogP) is 5.53. The number of carbonyl (C=O) groups excluding carboxylic acids is 2. The van der Waals surface area contributed by atoms with Crippen LogP contribution in [0.1, 0.15) is 31.2 Å². The predicted molar refractivity (Wildman–Crippen MR) is 194 cm³/mol. The lowest BCUT2D eigenvalue weighted by Gasteiger charge is -2.29. The van der Waals surface area contributed by atoms with Crippen LogP contribution in [0.2, 0.25) is 0 Å². The maximum Gasteiger partial charge on any atom is 0.237 e. The van der Waals surface area contributed by atoms with Gasteiger partial charge in [0, 0.05) is 62.0 Å². The number of aromatic nitrogens is 5. The van der Waals surface area contributed by atoms with E-state index in [-0.39, 0.29) is 11.8 Å². The Morgan fingerprint density at radius 1 is 1.06 bits per heavy atom. The van der Waals surface area contributed by atoms with E-state index in [9.17, 15) is 9.59 Å². The Hall–Kier alpha value is -4.98. The fourth-order valence-corrected chi connectivity index (χ4v) is 7.52. The van der Waals surface area contributed by atoms with E-state index in [0.29, 0.717) is 70.3 Å². The van der Waals surface area contributed by atoms with Crippen LogP contribution in [0.3, 0.4) is 0 Å². The number of rotatable bonds is 12. The molecule has 2 aromatic carbocycles. The molecule has 50 heavy (non-hydrogen) atoms. The molecule has 2 aliphatic rings. The van der Waals surface area contributed by atoms with Gasteiger partial charge in [-0.15, -0.1) is 11.3 Å². The van der Waals surface area contributed by atoms with Crippen LogP contribution >= 0.6 is 11.3 Å². The number of thiazole rings is 1. The molecule has 258 valence electrons. The second kappa shape index (κ2) is 14.9. The second-order valence-electron chi connectivity index (χ2n) is 12.7. The number of benzene rings is 2. The fraction of sp³-hybridized carbons (Fsp3) is 0.351. The largest absolute Gasteiger partial charge is 0.491 e. The molecule has 13 heteroatoms. The van der Waals surface area contributed by atoms with Crippen LogP contribution in [0.15, 0.2) is 73.2 Å². The molecule has 0 spiro atoms. The highest BCUT2D eigenvalue weighted by Crippen LogP contribution is 2.37. The normalized spacial score (nSPS) is 18.0. The number of H-pyrrole nitrogens is 1. The first-order valence-corrected chi connectivity index (χ1v) is 17.7. The van der Waals surface area contributed by atoms with Gasteiger partial charge in [0.2, 0.25) is 11.8 Å². The Labute approximate surface area is 294 Å². The Bertz CT molecular complexity index is 1990. The van der Waals surface area contributed by atoms with Crippen molar-refractivity contribution in [2.24, 2.45) is 5.41 Å². The number of nitrogens with one attached hydrogen (secondary N) is 2. The van der Waals surface area contributed by atoms with E-state index < -0.39 is 5.41 Å². The van der Waals surface area contributed by atoms with Crippen LogP contribution < -0.4 is 10.1 Å². The topological polar surface area (TPSA) is 138 Å². The monoisotopic (exact) mass is 692 g/mol. The molecule has 2 N–H and O–H groups in total. The van der Waals surface area contributed by atoms with Gasteiger partial charge in [0.25, 0.3) is 0 Å². The molecule has 5 aromatic rings. The standard InChI is InChI=1S/C37H40N8O4S/c1-3-37(36(47)41-27-7-10-30-29(21-27)33(43-42-30)25-5-8-28(9-6-25)49-20-19-48-2)13-18-44(24-37)23-32(46)45-16-11-26(12-17-45)35-40-22-31(50-35)34-38-14-4-15-39-34/h4-11,14-15,21-22H,3,12-13,16-20,23-24H2,1-2H3,(H,41,47)(H,42,43)/t37-/m1/s1. The van der Waals surface area contributed by atoms with Crippen molar-refractivity contribution in [1.82, 2.24) is 34.9 Å². The minimum absolute atomic E-state index is 0.0221. The molecule has 0 unspecified atom stereocenters. The zero-order valence-electron chi connectivity index (χ0n) is 28.2. The molecule has 5 heterocycles. The molecule has 2 aliphatic heterocycles. The minimum atomic E-state index is -0.576. The van der Waals surface area contributed by atoms with Crippen molar-refractivity contribution in [2.75, 3.05) is 58.4 Å². The van der Waals surface area contributed by atoms with Crippen LogP contribution in [0.25, 0.3) is 38.4 Å². The van der Waals surface area contributed by atoms with Crippen LogP contribution in [0.5, 0.6) is 5.75 Å². The van der Waals surface area contributed by atoms with E-state index in [0.717, 1.165) is 49.8 Å². The van der Waals surface area contributed by atoms with Gasteiger partial charge < -0.3 is 19.7 Å². The molecule has 1 atom stereocenters. The first-order chi connectivity index (χ1) is 24.4. The third-order valence-corrected chi connectivity index (χ3v) is 10.7. The van der Waals surface area contributed by atoms with Crippen molar-refractivity contribution in [3.8, 4) is 27.7 Å². The number of aromatic amines is 1. The second-order valence-corrected chi connectivity index (χ2v) is 13.7. The van der Waals surface area contributed by atoms with Crippen molar-refractivity contribution >= 4 is 45.3 Å². The molecular formula is C37H40N8O4S. The fourth-order valence-electron chi connectivity index (χ4n) is 6.59. The van der Waals surface area contributed by atoms with Gasteiger partial charge in [0.05, 0.1) is 34.7 Å². The van der Waals surface area contributed by atoms with E-state index in [4.69, 9.17) is 9.47 Å². The van der Waals surface area contributed by atoms with E-state index in [1.807, 2.05) is 53.6 Å². The third-order valence-electron chi connectivity index (χ3n) is 9.58. The summed E-state index contributed by atoms with van der Waals surface area (Å²) in [5.74, 6) is 1.49. The maximum atomic E-state index is 13.8. The molecule has 0 bridgehead atoms. The number of likely N-dealkylation sites (tertiary alicyclic amines) is 1. The molecule has 12 nitrogen and oxygen atoms in total. The number of hydrogen-bond donors (Lipinski definition) is 2. The number of anilines is 1. The summed E-state index contributed by atoms with van der Waals surface area (Å²) in [7, 11) is 1.65. The summed E-state index contributed by atoms with van der Waals surface area (Å²) in [6, 6.07) is 15.4. The molecule has 1 fully saturated rings. The molecule has 3 aromatic heterocycles. The minimum Gasteiger partial charge on any atom is -0.491 e. The summed E-state index contributed by atoms with van der Waals surface area (Å²) in [4.78, 5) is 45.4. The van der Waals surface area contributed by atoms with Gasteiger partial charge in [-0.05, 0) is 79.9 Å². The number of carbonyl (C=O) groups is 2. The molecule has 7 rings (SSSR count). The molecule has 0 radical (unpaired) electrons. The Kier molecular flexibility index (Phi) is 9.97. The summed E-state index contributed by atoms with van der Waals surface area (Å²) in [6.45, 7) is 5.77. The third kappa shape index (κ3) is 7.16. The zero-order chi connectivity index (χ0) is 34.5. The maximum absolute atomic E-state index is 13.8. The van der Waals surface area contributed by atoms with Crippen molar-refractivity contribution in [3.05, 3.63) is 78.2 Å². The average Bonchev–Trinajstić information content (AvgIpc) is 3.92. The highest BCUT2D eigenvalue weighted by molar-refractivity contribution is 7.16. The Balaban J connectivity index is 0.953. The van der Waals surface area contributed by atoms with Crippen LogP contribution in [-0.4, -0.2) is 99.8 Å². The first kappa shape index (κ1) is 33.5. The molecule has 2 amide bonds. The highest BCUT2D eigenvalue weighted by atomic mass is 32.1. The Morgan fingerprint density at radius 2 is 1.90 bits per heavy atom. The van der Waals surface area contributed by atoms with Gasteiger partial charge in [0.1, 0.15) is 17.4 Å². The molecule has 1 saturated heterocycles. The lowest BCUT2D eigenvalue weighted by Crippen LogP contribution is -2.43.